The summed E-state index contributed by atoms with van der Waals surface area (Å²) < 4.78 is 9.84. The highest BCUT2D eigenvalue weighted by atomic mass is 16.6. The van der Waals surface area contributed by atoms with Gasteiger partial charge < -0.3 is 30.5 Å². The van der Waals surface area contributed by atoms with Crippen molar-refractivity contribution in [3.8, 4) is 0 Å². The molecule has 0 aromatic heterocycles. The van der Waals surface area contributed by atoms with Crippen molar-refractivity contribution in [2.45, 2.75) is 57.0 Å². The molecule has 1 aliphatic heterocycles. The van der Waals surface area contributed by atoms with Crippen LogP contribution in [0.25, 0.3) is 0 Å². The molecule has 27 heavy (non-hydrogen) atoms. The van der Waals surface area contributed by atoms with Gasteiger partial charge in [-0.25, -0.2) is 9.59 Å². The van der Waals surface area contributed by atoms with Gasteiger partial charge in [-0.15, -0.1) is 0 Å². The Morgan fingerprint density at radius 2 is 1.37 bits per heavy atom. The minimum atomic E-state index is -1.97. The monoisotopic (exact) mass is 390 g/mol. The third kappa shape index (κ3) is 6.45. The highest BCUT2D eigenvalue weighted by Crippen LogP contribution is 2.34. The molecule has 1 aliphatic rings. The largest absolute Gasteiger partial charge is 0.481 e. The van der Waals surface area contributed by atoms with Gasteiger partial charge in [0.2, 0.25) is 0 Å². The van der Waals surface area contributed by atoms with E-state index in [2.05, 4.69) is 0 Å². The number of carboxylic acids is 3. The van der Waals surface area contributed by atoms with E-state index in [1.165, 1.54) is 0 Å². The fourth-order valence-corrected chi connectivity index (χ4v) is 2.98. The number of carbonyl (C=O) groups is 4. The van der Waals surface area contributed by atoms with Crippen LogP contribution in [0.3, 0.4) is 0 Å². The summed E-state index contributed by atoms with van der Waals surface area (Å²) in [5, 5.41) is 27.4. The Morgan fingerprint density at radius 1 is 0.852 bits per heavy atom. The fraction of sp³-hybridized carbons (Fsp3) is 0.750. The summed E-state index contributed by atoms with van der Waals surface area (Å²) in [4.78, 5) is 46.0. The van der Waals surface area contributed by atoms with E-state index in [1.807, 2.05) is 0 Å². The molecule has 1 fully saturated rings. The standard InChI is InChI=1S/C16H26N2O9/c17-7-5-3-1-2-4-6-8(18)26-16(25)12-10(14(21)22)9(13(19)20)11(27-12)15(23)24/h8-12H,1-7,17-18H2,(H,19,20)(H,21,22)(H,23,24). The molecular formula is C16H26N2O9. The molecule has 7 N–H and O–H groups in total. The number of unbranched alkanes of at least 4 members (excludes halogenated alkanes) is 4. The molecule has 154 valence electrons. The van der Waals surface area contributed by atoms with Crippen molar-refractivity contribution >= 4 is 23.9 Å². The van der Waals surface area contributed by atoms with E-state index >= 15 is 0 Å². The molecule has 0 aliphatic carbocycles. The minimum Gasteiger partial charge on any atom is -0.481 e. The van der Waals surface area contributed by atoms with Gasteiger partial charge in [0.05, 0.1) is 0 Å². The minimum absolute atomic E-state index is 0.323. The number of esters is 1. The van der Waals surface area contributed by atoms with E-state index in [0.717, 1.165) is 25.7 Å². The highest BCUT2D eigenvalue weighted by molar-refractivity contribution is 5.92. The van der Waals surface area contributed by atoms with Gasteiger partial charge in [0.15, 0.2) is 18.4 Å². The van der Waals surface area contributed by atoms with Gasteiger partial charge in [-0.2, -0.15) is 0 Å². The summed E-state index contributed by atoms with van der Waals surface area (Å²) in [5.74, 6) is -10.0. The first-order chi connectivity index (χ1) is 12.7. The average Bonchev–Trinajstić information content (AvgIpc) is 2.99. The molecule has 1 heterocycles. The molecule has 0 saturated carbocycles. The predicted molar refractivity (Wildman–Crippen MR) is 89.4 cm³/mol. The van der Waals surface area contributed by atoms with Crippen LogP contribution in [0.2, 0.25) is 0 Å². The summed E-state index contributed by atoms with van der Waals surface area (Å²) >= 11 is 0. The van der Waals surface area contributed by atoms with Crippen molar-refractivity contribution < 1.29 is 44.0 Å². The van der Waals surface area contributed by atoms with Crippen LogP contribution in [0.15, 0.2) is 0 Å². The zero-order valence-electron chi connectivity index (χ0n) is 14.8. The smallest absolute Gasteiger partial charge is 0.337 e. The van der Waals surface area contributed by atoms with Crippen molar-refractivity contribution in [3.63, 3.8) is 0 Å². The Kier molecular flexibility index (Phi) is 9.12. The van der Waals surface area contributed by atoms with Gasteiger partial charge in [0.1, 0.15) is 11.8 Å². The molecule has 0 bridgehead atoms. The molecule has 0 spiro atoms. The van der Waals surface area contributed by atoms with Crippen molar-refractivity contribution in [2.75, 3.05) is 6.54 Å². The Labute approximate surface area is 155 Å². The second-order valence-corrected chi connectivity index (χ2v) is 6.36. The van der Waals surface area contributed by atoms with Crippen molar-refractivity contribution in [1.29, 1.82) is 0 Å². The molecule has 11 nitrogen and oxygen atoms in total. The number of nitrogens with two attached hydrogens (primary N) is 2. The van der Waals surface area contributed by atoms with E-state index in [-0.39, 0.29) is 0 Å². The van der Waals surface area contributed by atoms with Gasteiger partial charge in [-0.05, 0) is 25.8 Å². The fourth-order valence-electron chi connectivity index (χ4n) is 2.98. The van der Waals surface area contributed by atoms with E-state index in [4.69, 9.17) is 31.2 Å². The SMILES string of the molecule is NCCCCCCCC(N)OC(=O)C1OC(C(=O)O)C(C(=O)O)C1C(=O)O. The van der Waals surface area contributed by atoms with Crippen LogP contribution < -0.4 is 11.5 Å². The molecule has 0 aromatic carbocycles. The lowest BCUT2D eigenvalue weighted by molar-refractivity contribution is -0.171. The van der Waals surface area contributed by atoms with Gasteiger partial charge in [0.25, 0.3) is 0 Å². The number of ether oxygens (including phenoxy) is 2. The quantitative estimate of drug-likeness (QED) is 0.161. The summed E-state index contributed by atoms with van der Waals surface area (Å²) in [6, 6.07) is 0. The number of hydrogen-bond donors (Lipinski definition) is 5. The van der Waals surface area contributed by atoms with Crippen molar-refractivity contribution in [1.82, 2.24) is 0 Å². The van der Waals surface area contributed by atoms with Crippen LogP contribution in [-0.4, -0.2) is 64.2 Å². The van der Waals surface area contributed by atoms with Crippen molar-refractivity contribution in [3.05, 3.63) is 0 Å². The molecule has 1 rings (SSSR count). The summed E-state index contributed by atoms with van der Waals surface area (Å²) in [5.41, 5.74) is 11.1. The lowest BCUT2D eigenvalue weighted by Gasteiger charge is -2.19. The zero-order valence-corrected chi connectivity index (χ0v) is 14.8. The number of hydrogen-bond acceptors (Lipinski definition) is 8. The second-order valence-electron chi connectivity index (χ2n) is 6.36. The van der Waals surface area contributed by atoms with Crippen LogP contribution >= 0.6 is 0 Å². The number of rotatable bonds is 12. The summed E-state index contributed by atoms with van der Waals surface area (Å²) in [6.07, 6.45) is -0.166. The van der Waals surface area contributed by atoms with Crippen LogP contribution in [-0.2, 0) is 28.7 Å². The van der Waals surface area contributed by atoms with Gasteiger partial charge in [-0.3, -0.25) is 15.3 Å². The lowest BCUT2D eigenvalue weighted by Crippen LogP contribution is -2.41. The second kappa shape index (κ2) is 10.8. The Bertz CT molecular complexity index is 554. The van der Waals surface area contributed by atoms with Crippen LogP contribution in [0.1, 0.15) is 38.5 Å². The third-order valence-corrected chi connectivity index (χ3v) is 4.34. The maximum atomic E-state index is 12.2. The average molecular weight is 390 g/mol. The normalized spacial score (nSPS) is 25.7. The van der Waals surface area contributed by atoms with Crippen LogP contribution in [0.4, 0.5) is 0 Å². The first kappa shape index (κ1) is 22.8. The topological polar surface area (TPSA) is 199 Å². The summed E-state index contributed by atoms with van der Waals surface area (Å²) in [6.45, 7) is 0.623. The zero-order chi connectivity index (χ0) is 20.6. The van der Waals surface area contributed by atoms with Crippen LogP contribution in [0.5, 0.6) is 0 Å². The third-order valence-electron chi connectivity index (χ3n) is 4.34. The predicted octanol–water partition coefficient (Wildman–Crippen LogP) is -0.633. The van der Waals surface area contributed by atoms with Crippen LogP contribution in [0, 0.1) is 11.8 Å². The Balaban J connectivity index is 2.65. The van der Waals surface area contributed by atoms with E-state index < -0.39 is 54.1 Å². The lowest BCUT2D eigenvalue weighted by atomic mass is 9.87. The van der Waals surface area contributed by atoms with Gasteiger partial charge in [0, 0.05) is 0 Å². The molecule has 5 unspecified atom stereocenters. The first-order valence-electron chi connectivity index (χ1n) is 8.70. The van der Waals surface area contributed by atoms with Gasteiger partial charge >= 0.3 is 23.9 Å². The maximum Gasteiger partial charge on any atom is 0.337 e. The van der Waals surface area contributed by atoms with Gasteiger partial charge in [-0.1, -0.05) is 19.3 Å². The summed E-state index contributed by atoms with van der Waals surface area (Å²) in [7, 11) is 0. The molecule has 0 radical (unpaired) electrons. The molecule has 5 atom stereocenters. The van der Waals surface area contributed by atoms with E-state index in [1.54, 1.807) is 0 Å². The number of aliphatic carboxylic acids is 3. The maximum absolute atomic E-state index is 12.2. The molecule has 0 amide bonds. The highest BCUT2D eigenvalue weighted by Gasteiger charge is 2.58. The molecule has 0 aromatic rings. The number of carbonyl (C=O) groups excluding carboxylic acids is 1. The van der Waals surface area contributed by atoms with E-state index in [0.29, 0.717) is 19.4 Å². The molecule has 1 saturated heterocycles. The number of carboxylic acid groups (broad SMARTS) is 3. The molecule has 11 heteroatoms. The van der Waals surface area contributed by atoms with E-state index in [9.17, 15) is 24.3 Å². The first-order valence-corrected chi connectivity index (χ1v) is 8.70. The Morgan fingerprint density at radius 3 is 1.89 bits per heavy atom. The Hall–Kier alpha value is -2.24. The van der Waals surface area contributed by atoms with Crippen molar-refractivity contribution in [2.24, 2.45) is 23.3 Å². The molecular weight excluding hydrogens is 364 g/mol.